The van der Waals surface area contributed by atoms with Crippen LogP contribution in [0, 0.1) is 0 Å². The zero-order chi connectivity index (χ0) is 26.1. The van der Waals surface area contributed by atoms with Gasteiger partial charge in [-0.2, -0.15) is 0 Å². The van der Waals surface area contributed by atoms with Crippen molar-refractivity contribution >= 4 is 45.3 Å². The summed E-state index contributed by atoms with van der Waals surface area (Å²) in [5.74, 6) is 0. The number of hydrogen-bond donors (Lipinski definition) is 0. The van der Waals surface area contributed by atoms with Crippen LogP contribution < -0.4 is 5.46 Å². The smallest absolute Gasteiger partial charge is 0.399 e. The third-order valence-corrected chi connectivity index (χ3v) is 8.25. The molecule has 38 heavy (non-hydrogen) atoms. The first-order valence-corrected chi connectivity index (χ1v) is 13.2. The first-order valence-electron chi connectivity index (χ1n) is 13.2. The predicted molar refractivity (Wildman–Crippen MR) is 157 cm³/mol. The Morgan fingerprint density at radius 2 is 1.39 bits per heavy atom. The molecule has 0 unspecified atom stereocenters. The SMILES string of the molecule is CC1(C)OB(c2ccc3c(c2)c2ccc(-c4cnc5ccccc5c4)cc2n3-c2ccccc2)OC1(C)C. The van der Waals surface area contributed by atoms with Crippen molar-refractivity contribution in [3.8, 4) is 16.8 Å². The van der Waals surface area contributed by atoms with Crippen molar-refractivity contribution in [3.63, 3.8) is 0 Å². The normalized spacial score (nSPS) is 16.6. The largest absolute Gasteiger partial charge is 0.494 e. The Balaban J connectivity index is 1.43. The van der Waals surface area contributed by atoms with Crippen molar-refractivity contribution in [1.82, 2.24) is 9.55 Å². The maximum Gasteiger partial charge on any atom is 0.494 e. The molecule has 0 atom stereocenters. The van der Waals surface area contributed by atoms with Crippen LogP contribution in [0.25, 0.3) is 49.5 Å². The Labute approximate surface area is 223 Å². The van der Waals surface area contributed by atoms with Crippen LogP contribution in [-0.4, -0.2) is 27.9 Å². The Morgan fingerprint density at radius 3 is 2.18 bits per heavy atom. The van der Waals surface area contributed by atoms with Crippen molar-refractivity contribution in [2.75, 3.05) is 0 Å². The summed E-state index contributed by atoms with van der Waals surface area (Å²) in [5.41, 5.74) is 6.96. The van der Waals surface area contributed by atoms with Crippen LogP contribution in [-0.2, 0) is 9.31 Å². The monoisotopic (exact) mass is 496 g/mol. The van der Waals surface area contributed by atoms with Crippen LogP contribution in [0.5, 0.6) is 0 Å². The molecule has 7 rings (SSSR count). The number of benzene rings is 4. The van der Waals surface area contributed by atoms with Crippen LogP contribution in [0.1, 0.15) is 27.7 Å². The van der Waals surface area contributed by atoms with E-state index in [2.05, 4.69) is 117 Å². The minimum Gasteiger partial charge on any atom is -0.399 e. The van der Waals surface area contributed by atoms with E-state index in [1.807, 2.05) is 18.3 Å². The van der Waals surface area contributed by atoms with E-state index in [4.69, 9.17) is 14.3 Å². The maximum absolute atomic E-state index is 6.38. The van der Waals surface area contributed by atoms with Crippen LogP contribution >= 0.6 is 0 Å². The quantitative estimate of drug-likeness (QED) is 0.241. The maximum atomic E-state index is 6.38. The molecule has 4 nitrogen and oxygen atoms in total. The average Bonchev–Trinajstić information content (AvgIpc) is 3.37. The third-order valence-electron chi connectivity index (χ3n) is 8.25. The number of para-hydroxylation sites is 2. The molecule has 0 radical (unpaired) electrons. The van der Waals surface area contributed by atoms with E-state index in [0.717, 1.165) is 44.2 Å². The van der Waals surface area contributed by atoms with Gasteiger partial charge in [-0.3, -0.25) is 4.98 Å². The summed E-state index contributed by atoms with van der Waals surface area (Å²) >= 11 is 0. The van der Waals surface area contributed by atoms with Gasteiger partial charge < -0.3 is 13.9 Å². The summed E-state index contributed by atoms with van der Waals surface area (Å²) in [7, 11) is -0.400. The zero-order valence-electron chi connectivity index (χ0n) is 22.1. The Morgan fingerprint density at radius 1 is 0.658 bits per heavy atom. The van der Waals surface area contributed by atoms with E-state index in [9.17, 15) is 0 Å². The van der Waals surface area contributed by atoms with Gasteiger partial charge in [0.05, 0.1) is 27.8 Å². The number of nitrogens with zero attached hydrogens (tertiary/aromatic N) is 2. The average molecular weight is 496 g/mol. The van der Waals surface area contributed by atoms with Crippen LogP contribution in [0.4, 0.5) is 0 Å². The van der Waals surface area contributed by atoms with Gasteiger partial charge in [-0.1, -0.05) is 60.7 Å². The zero-order valence-corrected chi connectivity index (χ0v) is 22.1. The Bertz CT molecular complexity index is 1820. The van der Waals surface area contributed by atoms with Gasteiger partial charge in [-0.25, -0.2) is 0 Å². The van der Waals surface area contributed by atoms with Gasteiger partial charge in [-0.05, 0) is 75.1 Å². The van der Waals surface area contributed by atoms with Gasteiger partial charge in [-0.15, -0.1) is 0 Å². The molecule has 1 aliphatic rings. The molecule has 0 aliphatic carbocycles. The van der Waals surface area contributed by atoms with Gasteiger partial charge in [0.25, 0.3) is 0 Å². The molecule has 2 aromatic heterocycles. The molecule has 0 bridgehead atoms. The Kier molecular flexibility index (Phi) is 5.06. The summed E-state index contributed by atoms with van der Waals surface area (Å²) in [5, 5.41) is 3.51. The number of rotatable bonds is 3. The molecule has 0 amide bonds. The molecule has 5 heteroatoms. The lowest BCUT2D eigenvalue weighted by atomic mass is 9.78. The first kappa shape index (κ1) is 23.2. The van der Waals surface area contributed by atoms with Crippen LogP contribution in [0.3, 0.4) is 0 Å². The third kappa shape index (κ3) is 3.58. The molecular weight excluding hydrogens is 467 g/mol. The predicted octanol–water partition coefficient (Wildman–Crippen LogP) is 7.30. The fourth-order valence-corrected chi connectivity index (χ4v) is 5.43. The van der Waals surface area contributed by atoms with Gasteiger partial charge in [0.2, 0.25) is 0 Å². The molecule has 6 aromatic rings. The molecular formula is C33H29BN2O2. The van der Waals surface area contributed by atoms with Crippen molar-refractivity contribution in [3.05, 3.63) is 103 Å². The summed E-state index contributed by atoms with van der Waals surface area (Å²) in [6.45, 7) is 8.37. The molecule has 0 saturated carbocycles. The fraction of sp³-hybridized carbons (Fsp3) is 0.182. The molecule has 1 fully saturated rings. The van der Waals surface area contributed by atoms with Gasteiger partial charge in [0.15, 0.2) is 0 Å². The molecule has 0 N–H and O–H groups in total. The summed E-state index contributed by atoms with van der Waals surface area (Å²) in [6.07, 6.45) is 1.97. The molecule has 4 aromatic carbocycles. The summed E-state index contributed by atoms with van der Waals surface area (Å²) in [6, 6.07) is 34.3. The minimum atomic E-state index is -0.400. The van der Waals surface area contributed by atoms with E-state index in [1.165, 1.54) is 10.8 Å². The van der Waals surface area contributed by atoms with Gasteiger partial charge in [0, 0.05) is 33.6 Å². The molecule has 1 saturated heterocycles. The van der Waals surface area contributed by atoms with Crippen molar-refractivity contribution < 1.29 is 9.31 Å². The highest BCUT2D eigenvalue weighted by Gasteiger charge is 2.51. The van der Waals surface area contributed by atoms with Gasteiger partial charge >= 0.3 is 7.12 Å². The highest BCUT2D eigenvalue weighted by atomic mass is 16.7. The highest BCUT2D eigenvalue weighted by Crippen LogP contribution is 2.38. The second-order valence-corrected chi connectivity index (χ2v) is 11.2. The topological polar surface area (TPSA) is 36.3 Å². The lowest BCUT2D eigenvalue weighted by molar-refractivity contribution is 0.00578. The van der Waals surface area contributed by atoms with Crippen LogP contribution in [0.15, 0.2) is 103 Å². The van der Waals surface area contributed by atoms with E-state index in [-0.39, 0.29) is 11.2 Å². The lowest BCUT2D eigenvalue weighted by Crippen LogP contribution is -2.41. The van der Waals surface area contributed by atoms with E-state index < -0.39 is 7.12 Å². The van der Waals surface area contributed by atoms with Crippen LogP contribution in [0.2, 0.25) is 0 Å². The molecule has 3 heterocycles. The van der Waals surface area contributed by atoms with E-state index in [1.54, 1.807) is 0 Å². The summed E-state index contributed by atoms with van der Waals surface area (Å²) in [4.78, 5) is 4.71. The highest BCUT2D eigenvalue weighted by molar-refractivity contribution is 6.62. The number of fused-ring (bicyclic) bond motifs is 4. The fourth-order valence-electron chi connectivity index (χ4n) is 5.43. The second-order valence-electron chi connectivity index (χ2n) is 11.2. The summed E-state index contributed by atoms with van der Waals surface area (Å²) < 4.78 is 15.1. The molecule has 0 spiro atoms. The second kappa shape index (κ2) is 8.29. The molecule has 186 valence electrons. The Hall–Kier alpha value is -3.93. The van der Waals surface area contributed by atoms with Crippen molar-refractivity contribution in [2.45, 2.75) is 38.9 Å². The standard InChI is InChI=1S/C33H29BN2O2/c1-32(2)33(3,4)38-34(37-32)25-15-17-30-28(20-25)27-16-14-22(19-31(27)36(30)26-11-6-5-7-12-26)24-18-23-10-8-9-13-29(23)35-21-24/h5-21H,1-4H3. The van der Waals surface area contributed by atoms with E-state index in [0.29, 0.717) is 0 Å². The first-order chi connectivity index (χ1) is 18.3. The van der Waals surface area contributed by atoms with Crippen molar-refractivity contribution in [1.29, 1.82) is 0 Å². The van der Waals surface area contributed by atoms with Crippen molar-refractivity contribution in [2.24, 2.45) is 0 Å². The number of aromatic nitrogens is 2. The van der Waals surface area contributed by atoms with Gasteiger partial charge in [0.1, 0.15) is 0 Å². The van der Waals surface area contributed by atoms with E-state index >= 15 is 0 Å². The number of hydrogen-bond acceptors (Lipinski definition) is 3. The lowest BCUT2D eigenvalue weighted by Gasteiger charge is -2.32. The molecule has 1 aliphatic heterocycles. The minimum absolute atomic E-state index is 0.381. The number of pyridine rings is 1.